The maximum absolute atomic E-state index is 13.1. The Balaban J connectivity index is 0.00000129. The van der Waals surface area contributed by atoms with Gasteiger partial charge in [-0.3, -0.25) is 0 Å². The molecule has 0 aromatic heterocycles. The van der Waals surface area contributed by atoms with Crippen molar-refractivity contribution in [1.29, 1.82) is 5.26 Å². The Morgan fingerprint density at radius 2 is 1.56 bits per heavy atom. The van der Waals surface area contributed by atoms with Crippen LogP contribution >= 0.6 is 0 Å². The summed E-state index contributed by atoms with van der Waals surface area (Å²) in [6, 6.07) is 20.9. The third kappa shape index (κ3) is 8.47. The number of nitriles is 1. The second-order valence-electron chi connectivity index (χ2n) is 9.17. The van der Waals surface area contributed by atoms with Crippen molar-refractivity contribution >= 4 is 0 Å². The van der Waals surface area contributed by atoms with Crippen molar-refractivity contribution < 1.29 is 13.2 Å². The minimum Gasteiger partial charge on any atom is -0.300 e. The molecule has 0 N–H and O–H groups in total. The number of hydrogen-bond donors (Lipinski definition) is 0. The Morgan fingerprint density at radius 3 is 2.06 bits per heavy atom. The SMILES string of the molecule is CC#N.CCCN(CCc1ccccc1)C(CC)CCc1ccc(C2CCC2C(F)(F)F)cc1. The fourth-order valence-electron chi connectivity index (χ4n) is 4.88. The van der Waals surface area contributed by atoms with Gasteiger partial charge in [-0.1, -0.05) is 68.4 Å². The highest BCUT2D eigenvalue weighted by Gasteiger charge is 2.50. The van der Waals surface area contributed by atoms with Gasteiger partial charge in [0, 0.05) is 19.5 Å². The van der Waals surface area contributed by atoms with Gasteiger partial charge in [0.15, 0.2) is 0 Å². The molecule has 1 aliphatic rings. The van der Waals surface area contributed by atoms with Gasteiger partial charge in [-0.25, -0.2) is 0 Å². The van der Waals surface area contributed by atoms with Crippen LogP contribution in [-0.4, -0.2) is 30.2 Å². The van der Waals surface area contributed by atoms with E-state index in [2.05, 4.69) is 49.1 Å². The van der Waals surface area contributed by atoms with Crippen LogP contribution in [-0.2, 0) is 12.8 Å². The van der Waals surface area contributed by atoms with Gasteiger partial charge in [0.05, 0.1) is 12.0 Å². The first-order valence-corrected chi connectivity index (χ1v) is 12.6. The highest BCUT2D eigenvalue weighted by Crippen LogP contribution is 2.50. The molecular weight excluding hydrogens is 433 g/mol. The Morgan fingerprint density at radius 1 is 0.941 bits per heavy atom. The number of hydrogen-bond acceptors (Lipinski definition) is 2. The van der Waals surface area contributed by atoms with Gasteiger partial charge >= 0.3 is 6.18 Å². The summed E-state index contributed by atoms with van der Waals surface area (Å²) in [5.74, 6) is -1.51. The first-order chi connectivity index (χ1) is 16.3. The molecule has 0 bridgehead atoms. The van der Waals surface area contributed by atoms with Crippen LogP contribution in [0, 0.1) is 17.2 Å². The molecule has 1 fully saturated rings. The normalized spacial score (nSPS) is 18.4. The van der Waals surface area contributed by atoms with Crippen molar-refractivity contribution in [3.63, 3.8) is 0 Å². The van der Waals surface area contributed by atoms with Crippen LogP contribution in [0.2, 0.25) is 0 Å². The van der Waals surface area contributed by atoms with Crippen molar-refractivity contribution in [2.75, 3.05) is 13.1 Å². The summed E-state index contributed by atoms with van der Waals surface area (Å²) in [5, 5.41) is 7.32. The van der Waals surface area contributed by atoms with Gasteiger partial charge in [-0.2, -0.15) is 18.4 Å². The number of benzene rings is 2. The minimum absolute atomic E-state index is 0.268. The molecule has 2 aromatic carbocycles. The van der Waals surface area contributed by atoms with Crippen LogP contribution in [0.5, 0.6) is 0 Å². The summed E-state index contributed by atoms with van der Waals surface area (Å²) >= 11 is 0. The lowest BCUT2D eigenvalue weighted by Crippen LogP contribution is -2.37. The molecule has 0 heterocycles. The minimum atomic E-state index is -4.07. The van der Waals surface area contributed by atoms with E-state index in [4.69, 9.17) is 5.26 Å². The lowest BCUT2D eigenvalue weighted by atomic mass is 9.69. The molecule has 0 radical (unpaired) electrons. The number of alkyl halides is 3. The lowest BCUT2D eigenvalue weighted by Gasteiger charge is -2.38. The molecule has 0 spiro atoms. The van der Waals surface area contributed by atoms with Gasteiger partial charge in [0.1, 0.15) is 0 Å². The van der Waals surface area contributed by atoms with Crippen molar-refractivity contribution in [3.05, 3.63) is 71.3 Å². The highest BCUT2D eigenvalue weighted by molar-refractivity contribution is 5.28. The van der Waals surface area contributed by atoms with Crippen LogP contribution in [0.3, 0.4) is 0 Å². The number of halogens is 3. The third-order valence-electron chi connectivity index (χ3n) is 6.90. The maximum atomic E-state index is 13.1. The molecule has 3 atom stereocenters. The summed E-state index contributed by atoms with van der Waals surface area (Å²) in [6.45, 7) is 8.09. The maximum Gasteiger partial charge on any atom is 0.392 e. The third-order valence-corrected chi connectivity index (χ3v) is 6.90. The average Bonchev–Trinajstić information content (AvgIpc) is 2.78. The molecule has 1 aliphatic carbocycles. The molecule has 5 heteroatoms. The standard InChI is InChI=1S/C27H36F3N.C2H3N/c1-3-19-31(20-18-21-8-6-5-7-9-21)24(4-2)15-12-22-10-13-23(14-11-22)25-16-17-26(25)27(28,29)30;1-2-3/h5-11,13-14,24-26H,3-4,12,15-20H2,1-2H3;1H3. The Labute approximate surface area is 203 Å². The van der Waals surface area contributed by atoms with E-state index in [-0.39, 0.29) is 12.3 Å². The van der Waals surface area contributed by atoms with Gasteiger partial charge in [-0.15, -0.1) is 0 Å². The fourth-order valence-corrected chi connectivity index (χ4v) is 4.88. The van der Waals surface area contributed by atoms with E-state index in [0.29, 0.717) is 12.5 Å². The van der Waals surface area contributed by atoms with Crippen molar-refractivity contribution in [2.45, 2.75) is 83.9 Å². The van der Waals surface area contributed by atoms with Crippen molar-refractivity contribution in [1.82, 2.24) is 4.90 Å². The van der Waals surface area contributed by atoms with E-state index in [1.165, 1.54) is 18.1 Å². The van der Waals surface area contributed by atoms with Crippen LogP contribution in [0.1, 0.15) is 75.5 Å². The van der Waals surface area contributed by atoms with Crippen LogP contribution < -0.4 is 0 Å². The predicted octanol–water partition coefficient (Wildman–Crippen LogP) is 7.94. The van der Waals surface area contributed by atoms with Gasteiger partial charge in [0.25, 0.3) is 0 Å². The lowest BCUT2D eigenvalue weighted by molar-refractivity contribution is -0.200. The summed E-state index contributed by atoms with van der Waals surface area (Å²) in [4.78, 5) is 2.61. The van der Waals surface area contributed by atoms with Gasteiger partial charge in [-0.05, 0) is 74.1 Å². The van der Waals surface area contributed by atoms with Gasteiger partial charge < -0.3 is 4.90 Å². The largest absolute Gasteiger partial charge is 0.392 e. The molecule has 186 valence electrons. The monoisotopic (exact) mass is 472 g/mol. The van der Waals surface area contributed by atoms with E-state index < -0.39 is 12.1 Å². The molecule has 0 amide bonds. The van der Waals surface area contributed by atoms with Crippen LogP contribution in [0.15, 0.2) is 54.6 Å². The molecule has 3 unspecified atom stereocenters. The van der Waals surface area contributed by atoms with E-state index in [1.807, 2.05) is 24.3 Å². The average molecular weight is 473 g/mol. The molecule has 2 aromatic rings. The zero-order valence-corrected chi connectivity index (χ0v) is 20.8. The van der Waals surface area contributed by atoms with E-state index in [1.54, 1.807) is 6.07 Å². The Kier molecular flexibility index (Phi) is 11.6. The molecule has 34 heavy (non-hydrogen) atoms. The summed E-state index contributed by atoms with van der Waals surface area (Å²) < 4.78 is 39.2. The second kappa shape index (κ2) is 14.2. The Bertz CT molecular complexity index is 856. The van der Waals surface area contributed by atoms with Crippen LogP contribution in [0.4, 0.5) is 13.2 Å². The molecule has 3 rings (SSSR count). The Hall–Kier alpha value is -2.32. The molecule has 0 aliphatic heterocycles. The topological polar surface area (TPSA) is 27.0 Å². The van der Waals surface area contributed by atoms with Gasteiger partial charge in [0.2, 0.25) is 0 Å². The predicted molar refractivity (Wildman–Crippen MR) is 134 cm³/mol. The fraction of sp³-hybridized carbons (Fsp3) is 0.552. The molecule has 1 saturated carbocycles. The number of rotatable bonds is 11. The van der Waals surface area contributed by atoms with Crippen molar-refractivity contribution in [2.24, 2.45) is 5.92 Å². The van der Waals surface area contributed by atoms with E-state index in [0.717, 1.165) is 50.8 Å². The smallest absolute Gasteiger partial charge is 0.300 e. The van der Waals surface area contributed by atoms with E-state index >= 15 is 0 Å². The molecular formula is C29H39F3N2. The zero-order valence-electron chi connectivity index (χ0n) is 20.8. The summed E-state index contributed by atoms with van der Waals surface area (Å²) in [6.07, 6.45) is 2.21. The number of nitrogens with zero attached hydrogens (tertiary/aromatic N) is 2. The summed E-state index contributed by atoms with van der Waals surface area (Å²) in [5.41, 5.74) is 3.45. The molecule has 0 saturated heterocycles. The second-order valence-corrected chi connectivity index (χ2v) is 9.17. The first-order valence-electron chi connectivity index (χ1n) is 12.6. The zero-order chi connectivity index (χ0) is 25.0. The van der Waals surface area contributed by atoms with Crippen LogP contribution in [0.25, 0.3) is 0 Å². The molecule has 2 nitrogen and oxygen atoms in total. The summed E-state index contributed by atoms with van der Waals surface area (Å²) in [7, 11) is 0. The highest BCUT2D eigenvalue weighted by atomic mass is 19.4. The van der Waals surface area contributed by atoms with Crippen molar-refractivity contribution in [3.8, 4) is 6.07 Å². The number of aryl methyl sites for hydroxylation is 1. The quantitative estimate of drug-likeness (QED) is 0.332. The first kappa shape index (κ1) is 27.9. The van der Waals surface area contributed by atoms with E-state index in [9.17, 15) is 13.2 Å².